The van der Waals surface area contributed by atoms with Crippen molar-refractivity contribution < 1.29 is 14.3 Å². The number of fused-ring (bicyclic) bond motifs is 1. The van der Waals surface area contributed by atoms with Gasteiger partial charge in [0, 0.05) is 36.1 Å². The molecule has 0 aliphatic carbocycles. The first kappa shape index (κ1) is 23.2. The van der Waals surface area contributed by atoms with Crippen LogP contribution in [0.1, 0.15) is 31.0 Å². The van der Waals surface area contributed by atoms with Gasteiger partial charge in [0.1, 0.15) is 17.3 Å². The van der Waals surface area contributed by atoms with Crippen LogP contribution >= 0.6 is 11.6 Å². The largest absolute Gasteiger partial charge is 0.497 e. The highest BCUT2D eigenvalue weighted by Gasteiger charge is 2.34. The van der Waals surface area contributed by atoms with Gasteiger partial charge in [0.25, 0.3) is 0 Å². The van der Waals surface area contributed by atoms with Gasteiger partial charge in [0.2, 0.25) is 5.91 Å². The third kappa shape index (κ3) is 5.13. The van der Waals surface area contributed by atoms with Gasteiger partial charge in [-0.1, -0.05) is 23.7 Å². The van der Waals surface area contributed by atoms with Crippen molar-refractivity contribution >= 4 is 34.2 Å². The van der Waals surface area contributed by atoms with E-state index in [1.807, 2.05) is 71.6 Å². The summed E-state index contributed by atoms with van der Waals surface area (Å²) < 4.78 is 13.4. The maximum Gasteiger partial charge on any atom is 0.227 e. The van der Waals surface area contributed by atoms with Gasteiger partial charge < -0.3 is 18.9 Å². The summed E-state index contributed by atoms with van der Waals surface area (Å²) in [5.41, 5.74) is 2.96. The molecular formula is C28H28ClN3O3. The number of aryl methyl sites for hydroxylation is 1. The first-order valence-electron chi connectivity index (χ1n) is 11.9. The molecule has 1 saturated heterocycles. The van der Waals surface area contributed by atoms with Crippen LogP contribution in [0.4, 0.5) is 5.69 Å². The van der Waals surface area contributed by atoms with Crippen LogP contribution in [0.2, 0.25) is 5.02 Å². The predicted molar refractivity (Wildman–Crippen MR) is 139 cm³/mol. The Balaban J connectivity index is 1.28. The number of hydrogen-bond donors (Lipinski definition) is 0. The second kappa shape index (κ2) is 10.4. The summed E-state index contributed by atoms with van der Waals surface area (Å²) in [6, 6.07) is 23.3. The molecule has 5 rings (SSSR count). The zero-order chi connectivity index (χ0) is 24.2. The molecule has 3 aromatic carbocycles. The molecule has 1 aliphatic heterocycles. The van der Waals surface area contributed by atoms with Crippen molar-refractivity contribution in [1.29, 1.82) is 0 Å². The molecule has 1 atom stereocenters. The average Bonchev–Trinajstić information content (AvgIpc) is 3.45. The first-order chi connectivity index (χ1) is 17.1. The smallest absolute Gasteiger partial charge is 0.227 e. The molecule has 4 aromatic rings. The number of aromatic nitrogens is 2. The highest BCUT2D eigenvalue weighted by molar-refractivity contribution is 6.30. The molecule has 0 N–H and O–H groups in total. The minimum atomic E-state index is 0.0438. The number of hydrogen-bond acceptors (Lipinski definition) is 4. The van der Waals surface area contributed by atoms with Crippen LogP contribution < -0.4 is 14.4 Å². The number of ether oxygens (including phenoxy) is 2. The third-order valence-corrected chi connectivity index (χ3v) is 6.67. The van der Waals surface area contributed by atoms with E-state index in [4.69, 9.17) is 26.1 Å². The molecule has 0 spiro atoms. The van der Waals surface area contributed by atoms with Gasteiger partial charge in [0.15, 0.2) is 0 Å². The monoisotopic (exact) mass is 489 g/mol. The van der Waals surface area contributed by atoms with Crippen molar-refractivity contribution in [3.63, 3.8) is 0 Å². The number of imidazole rings is 1. The maximum absolute atomic E-state index is 12.9. The summed E-state index contributed by atoms with van der Waals surface area (Å²) in [6.07, 6.45) is 2.31. The molecule has 1 aromatic heterocycles. The van der Waals surface area contributed by atoms with Gasteiger partial charge >= 0.3 is 0 Å². The van der Waals surface area contributed by atoms with E-state index in [1.54, 1.807) is 7.11 Å². The lowest BCUT2D eigenvalue weighted by Gasteiger charge is -2.18. The summed E-state index contributed by atoms with van der Waals surface area (Å²) in [5.74, 6) is 2.75. The number of benzene rings is 3. The van der Waals surface area contributed by atoms with Crippen molar-refractivity contribution in [3.8, 4) is 11.5 Å². The van der Waals surface area contributed by atoms with Crippen LogP contribution in [0.25, 0.3) is 11.0 Å². The number of unbranched alkanes of at least 4 members (excludes halogenated alkanes) is 1. The van der Waals surface area contributed by atoms with E-state index in [9.17, 15) is 4.79 Å². The minimum Gasteiger partial charge on any atom is -0.497 e. The number of anilines is 1. The van der Waals surface area contributed by atoms with Crippen molar-refractivity contribution in [2.75, 3.05) is 25.2 Å². The lowest BCUT2D eigenvalue weighted by Crippen LogP contribution is -2.24. The summed E-state index contributed by atoms with van der Waals surface area (Å²) in [6.45, 7) is 2.08. The Morgan fingerprint density at radius 3 is 2.49 bits per heavy atom. The highest BCUT2D eigenvalue weighted by Crippen LogP contribution is 2.34. The molecule has 6 nitrogen and oxygen atoms in total. The molecule has 35 heavy (non-hydrogen) atoms. The molecule has 1 fully saturated rings. The van der Waals surface area contributed by atoms with Gasteiger partial charge in [-0.3, -0.25) is 4.79 Å². The molecule has 0 radical (unpaired) electrons. The molecule has 180 valence electrons. The number of rotatable bonds is 9. The number of amides is 1. The van der Waals surface area contributed by atoms with Gasteiger partial charge in [-0.2, -0.15) is 0 Å². The van der Waals surface area contributed by atoms with Crippen LogP contribution in [0.15, 0.2) is 72.8 Å². The zero-order valence-corrected chi connectivity index (χ0v) is 20.4. The van der Waals surface area contributed by atoms with E-state index in [1.165, 1.54) is 0 Å². The van der Waals surface area contributed by atoms with E-state index in [2.05, 4.69) is 10.6 Å². The second-order valence-electron chi connectivity index (χ2n) is 8.72. The van der Waals surface area contributed by atoms with Crippen molar-refractivity contribution in [3.05, 3.63) is 83.6 Å². The number of halogens is 1. The van der Waals surface area contributed by atoms with Crippen LogP contribution in [0, 0.1) is 0 Å². The van der Waals surface area contributed by atoms with E-state index in [0.717, 1.165) is 53.4 Å². The lowest BCUT2D eigenvalue weighted by atomic mass is 10.1. The van der Waals surface area contributed by atoms with Crippen molar-refractivity contribution in [2.45, 2.75) is 31.7 Å². The van der Waals surface area contributed by atoms with Gasteiger partial charge in [-0.05, 0) is 73.5 Å². The quantitative estimate of drug-likeness (QED) is 0.267. The molecular weight excluding hydrogens is 462 g/mol. The number of carbonyl (C=O) groups is 1. The third-order valence-electron chi connectivity index (χ3n) is 6.42. The fourth-order valence-corrected chi connectivity index (χ4v) is 4.75. The fourth-order valence-electron chi connectivity index (χ4n) is 4.63. The molecule has 0 bridgehead atoms. The SMILES string of the molecule is COc1ccc(N2C[C@H](c3nc4ccccc4n3CCCCOc3ccc(Cl)cc3)CC2=O)cc1. The Morgan fingerprint density at radius 1 is 0.971 bits per heavy atom. The highest BCUT2D eigenvalue weighted by atomic mass is 35.5. The standard InChI is InChI=1S/C28H28ClN3O3/c1-34-23-14-10-22(11-15-23)32-19-20(18-27(32)33)28-30-25-6-2-3-7-26(25)31(28)16-4-5-17-35-24-12-8-21(29)9-13-24/h2-3,6-15,20H,4-5,16-19H2,1H3/t20-/m1/s1. The molecule has 1 aliphatic rings. The number of para-hydroxylation sites is 2. The normalized spacial score (nSPS) is 15.7. The number of methoxy groups -OCH3 is 1. The van der Waals surface area contributed by atoms with E-state index in [-0.39, 0.29) is 11.8 Å². The summed E-state index contributed by atoms with van der Waals surface area (Å²) in [7, 11) is 1.64. The zero-order valence-electron chi connectivity index (χ0n) is 19.7. The van der Waals surface area contributed by atoms with Gasteiger partial charge in [0.05, 0.1) is 24.8 Å². The van der Waals surface area contributed by atoms with E-state index < -0.39 is 0 Å². The van der Waals surface area contributed by atoms with Crippen LogP contribution in [0.5, 0.6) is 11.5 Å². The summed E-state index contributed by atoms with van der Waals surface area (Å²) >= 11 is 5.94. The van der Waals surface area contributed by atoms with Gasteiger partial charge in [-0.25, -0.2) is 4.98 Å². The maximum atomic E-state index is 12.9. The topological polar surface area (TPSA) is 56.6 Å². The predicted octanol–water partition coefficient (Wildman–Crippen LogP) is 6.08. The lowest BCUT2D eigenvalue weighted by molar-refractivity contribution is -0.117. The van der Waals surface area contributed by atoms with Crippen LogP contribution in [-0.4, -0.2) is 35.7 Å². The van der Waals surface area contributed by atoms with Crippen molar-refractivity contribution in [1.82, 2.24) is 9.55 Å². The second-order valence-corrected chi connectivity index (χ2v) is 9.16. The van der Waals surface area contributed by atoms with Crippen LogP contribution in [-0.2, 0) is 11.3 Å². The molecule has 0 saturated carbocycles. The van der Waals surface area contributed by atoms with E-state index >= 15 is 0 Å². The summed E-state index contributed by atoms with van der Waals surface area (Å²) in [4.78, 5) is 19.7. The van der Waals surface area contributed by atoms with E-state index in [0.29, 0.717) is 24.6 Å². The molecule has 2 heterocycles. The Bertz CT molecular complexity index is 1300. The molecule has 7 heteroatoms. The van der Waals surface area contributed by atoms with Crippen molar-refractivity contribution in [2.24, 2.45) is 0 Å². The molecule has 1 amide bonds. The Labute approximate surface area is 210 Å². The Hall–Kier alpha value is -3.51. The fraction of sp³-hybridized carbons (Fsp3) is 0.286. The minimum absolute atomic E-state index is 0.0438. The van der Waals surface area contributed by atoms with Gasteiger partial charge in [-0.15, -0.1) is 0 Å². The Kier molecular flexibility index (Phi) is 6.91. The Morgan fingerprint density at radius 2 is 1.71 bits per heavy atom. The first-order valence-corrected chi connectivity index (χ1v) is 12.3. The number of carbonyl (C=O) groups excluding carboxylic acids is 1. The average molecular weight is 490 g/mol. The van der Waals surface area contributed by atoms with Crippen LogP contribution in [0.3, 0.4) is 0 Å². The number of nitrogens with zero attached hydrogens (tertiary/aromatic N) is 3. The summed E-state index contributed by atoms with van der Waals surface area (Å²) in [5, 5.41) is 0.702. The molecule has 0 unspecified atom stereocenters.